The molecule has 16 heavy (non-hydrogen) atoms. The van der Waals surface area contributed by atoms with Crippen molar-refractivity contribution in [3.63, 3.8) is 0 Å². The van der Waals surface area contributed by atoms with Gasteiger partial charge in [0.25, 0.3) is 6.09 Å². The van der Waals surface area contributed by atoms with Crippen molar-refractivity contribution in [1.82, 2.24) is 4.90 Å². The van der Waals surface area contributed by atoms with Crippen LogP contribution < -0.4 is 0 Å². The summed E-state index contributed by atoms with van der Waals surface area (Å²) in [7, 11) is 0. The maximum atomic E-state index is 13.7. The highest BCUT2D eigenvalue weighted by atomic mass is 19.1. The lowest BCUT2D eigenvalue weighted by Gasteiger charge is -2.25. The molecule has 0 aromatic heterocycles. The van der Waals surface area contributed by atoms with Crippen molar-refractivity contribution < 1.29 is 9.13 Å². The maximum absolute atomic E-state index is 13.7. The van der Waals surface area contributed by atoms with E-state index in [2.05, 4.69) is 4.99 Å². The van der Waals surface area contributed by atoms with E-state index in [4.69, 9.17) is 4.74 Å². The van der Waals surface area contributed by atoms with Crippen LogP contribution in [0.2, 0.25) is 0 Å². The first-order chi connectivity index (χ1) is 7.75. The van der Waals surface area contributed by atoms with E-state index >= 15 is 0 Å². The van der Waals surface area contributed by atoms with Gasteiger partial charge in [-0.1, -0.05) is 17.7 Å². The molecule has 0 spiro atoms. The van der Waals surface area contributed by atoms with Crippen LogP contribution in [0, 0.1) is 6.92 Å². The van der Waals surface area contributed by atoms with Crippen LogP contribution in [0.5, 0.6) is 0 Å². The Balaban J connectivity index is 2.07. The van der Waals surface area contributed by atoms with Gasteiger partial charge in [-0.15, -0.1) is 0 Å². The number of aryl methyl sites for hydroxylation is 1. The van der Waals surface area contributed by atoms with Gasteiger partial charge in [0.15, 0.2) is 0 Å². The fourth-order valence-corrected chi connectivity index (χ4v) is 1.54. The second kappa shape index (κ2) is 5.07. The lowest BCUT2D eigenvalue weighted by molar-refractivity contribution is 0.0639. The first kappa shape index (κ1) is 11.1. The molecule has 0 unspecified atom stereocenters. The van der Waals surface area contributed by atoms with E-state index in [-0.39, 0.29) is 0 Å². The molecule has 1 fully saturated rings. The monoisotopic (exact) mass is 222 g/mol. The topological polar surface area (TPSA) is 24.8 Å². The molecule has 0 radical (unpaired) electrons. The predicted molar refractivity (Wildman–Crippen MR) is 61.8 cm³/mol. The number of aliphatic imine (C=N–C) groups is 1. The molecule has 1 aromatic rings. The summed E-state index contributed by atoms with van der Waals surface area (Å²) >= 11 is 0. The highest BCUT2D eigenvalue weighted by Gasteiger charge is 2.14. The number of nitrogens with zero attached hydrogens (tertiary/aromatic N) is 2. The molecular formula is C12H15FN2O. The van der Waals surface area contributed by atoms with Gasteiger partial charge in [-0.25, -0.2) is 4.99 Å². The van der Waals surface area contributed by atoms with E-state index in [1.165, 1.54) is 0 Å². The molecule has 0 amide bonds. The fraction of sp³-hybridized carbons (Fsp3) is 0.417. The standard InChI is InChI=1S/C12H15FN2O/c1-10-2-4-11(5-3-10)14-12(13)15-6-8-16-9-7-15/h2-5H,6-9H2,1H3. The van der Waals surface area contributed by atoms with Crippen molar-refractivity contribution in [3.8, 4) is 0 Å². The molecule has 3 nitrogen and oxygen atoms in total. The maximum Gasteiger partial charge on any atom is 0.285 e. The third-order valence-corrected chi connectivity index (χ3v) is 2.53. The van der Waals surface area contributed by atoms with Gasteiger partial charge in [-0.3, -0.25) is 0 Å². The van der Waals surface area contributed by atoms with E-state index in [1.807, 2.05) is 31.2 Å². The Labute approximate surface area is 94.5 Å². The molecule has 0 atom stereocenters. The molecule has 86 valence electrons. The summed E-state index contributed by atoms with van der Waals surface area (Å²) in [4.78, 5) is 5.54. The van der Waals surface area contributed by atoms with Crippen LogP contribution in [0.4, 0.5) is 10.1 Å². The third kappa shape index (κ3) is 2.79. The van der Waals surface area contributed by atoms with E-state index in [0.717, 1.165) is 5.56 Å². The van der Waals surface area contributed by atoms with Gasteiger partial charge in [0.1, 0.15) is 0 Å². The number of hydrogen-bond acceptors (Lipinski definition) is 2. The lowest BCUT2D eigenvalue weighted by Crippen LogP contribution is -2.38. The molecule has 1 aliphatic rings. The summed E-state index contributed by atoms with van der Waals surface area (Å²) < 4.78 is 18.8. The van der Waals surface area contributed by atoms with Crippen LogP contribution in [0.1, 0.15) is 5.56 Å². The minimum atomic E-state index is -0.424. The SMILES string of the molecule is Cc1ccc(N=C(F)N2CCOCC2)cc1. The van der Waals surface area contributed by atoms with E-state index in [9.17, 15) is 4.39 Å². The summed E-state index contributed by atoms with van der Waals surface area (Å²) in [5.74, 6) is 0. The molecule has 0 saturated carbocycles. The first-order valence-corrected chi connectivity index (χ1v) is 5.39. The van der Waals surface area contributed by atoms with E-state index in [1.54, 1.807) is 4.90 Å². The normalized spacial score (nSPS) is 17.6. The van der Waals surface area contributed by atoms with Gasteiger partial charge in [-0.05, 0) is 19.1 Å². The smallest absolute Gasteiger partial charge is 0.285 e. The van der Waals surface area contributed by atoms with Crippen LogP contribution >= 0.6 is 0 Å². The summed E-state index contributed by atoms with van der Waals surface area (Å²) in [6, 6.07) is 7.47. The van der Waals surface area contributed by atoms with Crippen molar-refractivity contribution >= 4 is 11.8 Å². The zero-order valence-corrected chi connectivity index (χ0v) is 9.32. The molecule has 1 heterocycles. The number of halogens is 1. The molecule has 0 bridgehead atoms. The van der Waals surface area contributed by atoms with Gasteiger partial charge < -0.3 is 9.64 Å². The third-order valence-electron chi connectivity index (χ3n) is 2.53. The molecule has 4 heteroatoms. The average molecular weight is 222 g/mol. The minimum Gasteiger partial charge on any atom is -0.378 e. The van der Waals surface area contributed by atoms with Crippen molar-refractivity contribution in [2.24, 2.45) is 4.99 Å². The van der Waals surface area contributed by atoms with E-state index in [0.29, 0.717) is 32.0 Å². The Morgan fingerprint density at radius 3 is 2.50 bits per heavy atom. The van der Waals surface area contributed by atoms with Crippen molar-refractivity contribution in [1.29, 1.82) is 0 Å². The van der Waals surface area contributed by atoms with Crippen LogP contribution in [-0.4, -0.2) is 37.3 Å². The lowest BCUT2D eigenvalue weighted by atomic mass is 10.2. The van der Waals surface area contributed by atoms with Crippen LogP contribution in [0.15, 0.2) is 29.3 Å². The minimum absolute atomic E-state index is 0.424. The molecule has 0 N–H and O–H groups in total. The number of morpholine rings is 1. The van der Waals surface area contributed by atoms with Gasteiger partial charge in [0.05, 0.1) is 18.9 Å². The molecule has 0 aliphatic carbocycles. The highest BCUT2D eigenvalue weighted by Crippen LogP contribution is 2.14. The van der Waals surface area contributed by atoms with Gasteiger partial charge in [-0.2, -0.15) is 4.39 Å². The second-order valence-corrected chi connectivity index (χ2v) is 3.82. The number of rotatable bonds is 1. The Hall–Kier alpha value is -1.42. The predicted octanol–water partition coefficient (Wildman–Crippen LogP) is 2.28. The van der Waals surface area contributed by atoms with Gasteiger partial charge >= 0.3 is 0 Å². The first-order valence-electron chi connectivity index (χ1n) is 5.39. The van der Waals surface area contributed by atoms with Crippen LogP contribution in [0.3, 0.4) is 0 Å². The molecule has 1 aromatic carbocycles. The fourth-order valence-electron chi connectivity index (χ4n) is 1.54. The van der Waals surface area contributed by atoms with Crippen molar-refractivity contribution in [3.05, 3.63) is 29.8 Å². The number of benzene rings is 1. The van der Waals surface area contributed by atoms with Crippen molar-refractivity contribution in [2.75, 3.05) is 26.3 Å². The molecule has 1 aliphatic heterocycles. The molecular weight excluding hydrogens is 207 g/mol. The van der Waals surface area contributed by atoms with Gasteiger partial charge in [0, 0.05) is 13.1 Å². The number of ether oxygens (including phenoxy) is 1. The molecule has 2 rings (SSSR count). The quantitative estimate of drug-likeness (QED) is 0.414. The second-order valence-electron chi connectivity index (χ2n) is 3.82. The Morgan fingerprint density at radius 1 is 1.25 bits per heavy atom. The van der Waals surface area contributed by atoms with E-state index < -0.39 is 6.09 Å². The zero-order chi connectivity index (χ0) is 11.4. The summed E-state index contributed by atoms with van der Waals surface area (Å²) in [6.07, 6.45) is -0.424. The number of hydrogen-bond donors (Lipinski definition) is 0. The largest absolute Gasteiger partial charge is 0.378 e. The Bertz CT molecular complexity index is 369. The van der Waals surface area contributed by atoms with Crippen LogP contribution in [0.25, 0.3) is 0 Å². The van der Waals surface area contributed by atoms with Crippen molar-refractivity contribution in [2.45, 2.75) is 6.92 Å². The van der Waals surface area contributed by atoms with Gasteiger partial charge in [0.2, 0.25) is 0 Å². The van der Waals surface area contributed by atoms with Crippen LogP contribution in [-0.2, 0) is 4.74 Å². The summed E-state index contributed by atoms with van der Waals surface area (Å²) in [5, 5.41) is 0. The summed E-state index contributed by atoms with van der Waals surface area (Å²) in [5.41, 5.74) is 1.79. The summed E-state index contributed by atoms with van der Waals surface area (Å²) in [6.45, 7) is 4.27. The zero-order valence-electron chi connectivity index (χ0n) is 9.32. The highest BCUT2D eigenvalue weighted by molar-refractivity contribution is 5.76. The Morgan fingerprint density at radius 2 is 1.88 bits per heavy atom. The number of amidine groups is 1. The average Bonchev–Trinajstić information content (AvgIpc) is 2.33. The molecule has 1 saturated heterocycles. The Kier molecular flexibility index (Phi) is 3.51.